The van der Waals surface area contributed by atoms with Gasteiger partial charge in [0.1, 0.15) is 6.10 Å². The standard InChI is InChI=1S/C13H27NO3/c1-10(2)7-8-17-11(3)12(15)14(6)9-13(4,5)16/h10-11,16H,7-9H2,1-6H3. The van der Waals surface area contributed by atoms with Crippen LogP contribution < -0.4 is 0 Å². The summed E-state index contributed by atoms with van der Waals surface area (Å²) in [6, 6.07) is 0. The number of aliphatic hydroxyl groups is 1. The van der Waals surface area contributed by atoms with Crippen LogP contribution in [0.3, 0.4) is 0 Å². The maximum Gasteiger partial charge on any atom is 0.251 e. The molecule has 1 atom stereocenters. The number of likely N-dealkylation sites (N-methyl/N-ethyl adjacent to an activating group) is 1. The number of nitrogens with zero attached hydrogens (tertiary/aromatic N) is 1. The van der Waals surface area contributed by atoms with Gasteiger partial charge >= 0.3 is 0 Å². The normalized spacial score (nSPS) is 13.9. The Hall–Kier alpha value is -0.610. The Bertz CT molecular complexity index is 233. The Morgan fingerprint density at radius 2 is 1.88 bits per heavy atom. The van der Waals surface area contributed by atoms with E-state index in [0.717, 1.165) is 6.42 Å². The molecule has 0 aromatic rings. The molecule has 0 radical (unpaired) electrons. The molecule has 0 aromatic heterocycles. The zero-order chi connectivity index (χ0) is 13.6. The van der Waals surface area contributed by atoms with Crippen LogP contribution in [0.25, 0.3) is 0 Å². The fraction of sp³-hybridized carbons (Fsp3) is 0.923. The van der Waals surface area contributed by atoms with E-state index >= 15 is 0 Å². The van der Waals surface area contributed by atoms with E-state index in [4.69, 9.17) is 4.74 Å². The highest BCUT2D eigenvalue weighted by molar-refractivity contribution is 5.80. The SMILES string of the molecule is CC(C)CCOC(C)C(=O)N(C)CC(C)(C)O. The summed E-state index contributed by atoms with van der Waals surface area (Å²) in [6.07, 6.45) is 0.508. The molecule has 0 spiro atoms. The highest BCUT2D eigenvalue weighted by Gasteiger charge is 2.23. The summed E-state index contributed by atoms with van der Waals surface area (Å²) in [5.74, 6) is 0.488. The first-order valence-corrected chi connectivity index (χ1v) is 6.22. The summed E-state index contributed by atoms with van der Waals surface area (Å²) < 4.78 is 5.48. The van der Waals surface area contributed by atoms with Gasteiger partial charge in [-0.25, -0.2) is 0 Å². The van der Waals surface area contributed by atoms with E-state index in [1.54, 1.807) is 27.8 Å². The molecule has 4 nitrogen and oxygen atoms in total. The predicted octanol–water partition coefficient (Wildman–Crippen LogP) is 1.67. The molecule has 0 rings (SSSR count). The van der Waals surface area contributed by atoms with Gasteiger partial charge in [0.15, 0.2) is 0 Å². The maximum absolute atomic E-state index is 11.9. The van der Waals surface area contributed by atoms with E-state index in [-0.39, 0.29) is 5.91 Å². The first-order valence-electron chi connectivity index (χ1n) is 6.22. The van der Waals surface area contributed by atoms with Crippen LogP contribution in [-0.2, 0) is 9.53 Å². The van der Waals surface area contributed by atoms with Crippen molar-refractivity contribution in [1.82, 2.24) is 4.90 Å². The molecule has 1 N–H and O–H groups in total. The van der Waals surface area contributed by atoms with Crippen molar-refractivity contribution in [3.05, 3.63) is 0 Å². The maximum atomic E-state index is 11.9. The molecule has 0 aliphatic heterocycles. The largest absolute Gasteiger partial charge is 0.389 e. The third kappa shape index (κ3) is 8.16. The van der Waals surface area contributed by atoms with Gasteiger partial charge in [0.05, 0.1) is 5.60 Å². The second-order valence-corrected chi connectivity index (χ2v) is 5.70. The first-order chi connectivity index (χ1) is 7.63. The fourth-order valence-corrected chi connectivity index (χ4v) is 1.52. The summed E-state index contributed by atoms with van der Waals surface area (Å²) in [5, 5.41) is 9.63. The van der Waals surface area contributed by atoms with Gasteiger partial charge in [-0.3, -0.25) is 4.79 Å². The van der Waals surface area contributed by atoms with E-state index in [0.29, 0.717) is 19.1 Å². The van der Waals surface area contributed by atoms with Crippen molar-refractivity contribution in [2.24, 2.45) is 5.92 Å². The molecule has 4 heteroatoms. The average Bonchev–Trinajstić information content (AvgIpc) is 2.13. The lowest BCUT2D eigenvalue weighted by Crippen LogP contribution is -2.44. The van der Waals surface area contributed by atoms with E-state index in [1.807, 2.05) is 0 Å². The molecule has 0 bridgehead atoms. The van der Waals surface area contributed by atoms with Gasteiger partial charge in [-0.15, -0.1) is 0 Å². The number of hydrogen-bond acceptors (Lipinski definition) is 3. The summed E-state index contributed by atoms with van der Waals surface area (Å²) in [7, 11) is 1.68. The third-order valence-electron chi connectivity index (χ3n) is 2.41. The van der Waals surface area contributed by atoms with Crippen LogP contribution in [0.2, 0.25) is 0 Å². The quantitative estimate of drug-likeness (QED) is 0.742. The molecule has 102 valence electrons. The van der Waals surface area contributed by atoms with Gasteiger partial charge in [0.25, 0.3) is 5.91 Å². The minimum Gasteiger partial charge on any atom is -0.389 e. The second-order valence-electron chi connectivity index (χ2n) is 5.70. The van der Waals surface area contributed by atoms with Crippen molar-refractivity contribution in [2.75, 3.05) is 20.2 Å². The molecule has 1 amide bonds. The number of carbonyl (C=O) groups excluding carboxylic acids is 1. The molecule has 1 unspecified atom stereocenters. The van der Waals surface area contributed by atoms with Crippen LogP contribution >= 0.6 is 0 Å². The molecular formula is C13H27NO3. The Morgan fingerprint density at radius 3 is 2.29 bits per heavy atom. The molecule has 0 aliphatic carbocycles. The van der Waals surface area contributed by atoms with Crippen molar-refractivity contribution < 1.29 is 14.6 Å². The van der Waals surface area contributed by atoms with Gasteiger partial charge < -0.3 is 14.7 Å². The average molecular weight is 245 g/mol. The summed E-state index contributed by atoms with van der Waals surface area (Å²) in [4.78, 5) is 13.4. The monoisotopic (exact) mass is 245 g/mol. The van der Waals surface area contributed by atoms with Gasteiger partial charge in [0, 0.05) is 20.2 Å². The Labute approximate surface area is 105 Å². The lowest BCUT2D eigenvalue weighted by molar-refractivity contribution is -0.144. The summed E-state index contributed by atoms with van der Waals surface area (Å²) >= 11 is 0. The van der Waals surface area contributed by atoms with Crippen molar-refractivity contribution in [1.29, 1.82) is 0 Å². The number of ether oxygens (including phenoxy) is 1. The minimum atomic E-state index is -0.873. The lowest BCUT2D eigenvalue weighted by atomic mass is 10.1. The molecule has 0 aliphatic rings. The van der Waals surface area contributed by atoms with Crippen LogP contribution in [0.4, 0.5) is 0 Å². The van der Waals surface area contributed by atoms with Gasteiger partial charge in [0.2, 0.25) is 0 Å². The molecule has 0 aromatic carbocycles. The minimum absolute atomic E-state index is 0.0871. The molecule has 0 saturated heterocycles. The molecule has 0 fully saturated rings. The molecular weight excluding hydrogens is 218 g/mol. The summed E-state index contributed by atoms with van der Waals surface area (Å²) in [6.45, 7) is 10.3. The number of amides is 1. The van der Waals surface area contributed by atoms with E-state index in [9.17, 15) is 9.90 Å². The number of hydrogen-bond donors (Lipinski definition) is 1. The van der Waals surface area contributed by atoms with E-state index < -0.39 is 11.7 Å². The molecule has 17 heavy (non-hydrogen) atoms. The fourth-order valence-electron chi connectivity index (χ4n) is 1.52. The van der Waals surface area contributed by atoms with Crippen LogP contribution in [0.15, 0.2) is 0 Å². The van der Waals surface area contributed by atoms with Crippen LogP contribution in [0.1, 0.15) is 41.0 Å². The smallest absolute Gasteiger partial charge is 0.251 e. The zero-order valence-electron chi connectivity index (χ0n) is 12.0. The van der Waals surface area contributed by atoms with Crippen molar-refractivity contribution in [3.63, 3.8) is 0 Å². The van der Waals surface area contributed by atoms with Crippen LogP contribution in [0, 0.1) is 5.92 Å². The Morgan fingerprint density at radius 1 is 1.35 bits per heavy atom. The molecule has 0 saturated carbocycles. The number of rotatable bonds is 7. The zero-order valence-corrected chi connectivity index (χ0v) is 12.0. The van der Waals surface area contributed by atoms with Crippen LogP contribution in [0.5, 0.6) is 0 Å². The van der Waals surface area contributed by atoms with E-state index in [2.05, 4.69) is 13.8 Å². The van der Waals surface area contributed by atoms with Crippen molar-refractivity contribution in [3.8, 4) is 0 Å². The third-order valence-corrected chi connectivity index (χ3v) is 2.41. The first kappa shape index (κ1) is 16.4. The van der Waals surface area contributed by atoms with Gasteiger partial charge in [-0.2, -0.15) is 0 Å². The van der Waals surface area contributed by atoms with Gasteiger partial charge in [-0.1, -0.05) is 13.8 Å². The van der Waals surface area contributed by atoms with Crippen molar-refractivity contribution in [2.45, 2.75) is 52.7 Å². The van der Waals surface area contributed by atoms with E-state index in [1.165, 1.54) is 4.90 Å². The topological polar surface area (TPSA) is 49.8 Å². The van der Waals surface area contributed by atoms with Gasteiger partial charge in [-0.05, 0) is 33.1 Å². The predicted molar refractivity (Wildman–Crippen MR) is 68.8 cm³/mol. The van der Waals surface area contributed by atoms with Crippen molar-refractivity contribution >= 4 is 5.91 Å². The molecule has 0 heterocycles. The Kier molecular flexibility index (Phi) is 6.72. The highest BCUT2D eigenvalue weighted by atomic mass is 16.5. The Balaban J connectivity index is 4.03. The number of carbonyl (C=O) groups is 1. The highest BCUT2D eigenvalue weighted by Crippen LogP contribution is 2.07. The second kappa shape index (κ2) is 6.97. The van der Waals surface area contributed by atoms with Crippen LogP contribution in [-0.4, -0.2) is 47.8 Å². The lowest BCUT2D eigenvalue weighted by Gasteiger charge is -2.27. The summed E-state index contributed by atoms with van der Waals surface area (Å²) in [5.41, 5.74) is -0.873.